The van der Waals surface area contributed by atoms with Crippen LogP contribution < -0.4 is 20.7 Å². The van der Waals surface area contributed by atoms with Crippen molar-refractivity contribution in [2.75, 3.05) is 19.0 Å². The zero-order valence-corrected chi connectivity index (χ0v) is 23.6. The molecule has 2 atom stereocenters. The number of anilines is 1. The molecule has 0 amide bonds. The number of thiazole rings is 1. The molecule has 0 bridgehead atoms. The van der Waals surface area contributed by atoms with Crippen molar-refractivity contribution in [2.24, 2.45) is 0 Å². The standard InChI is InChI=1S/C25H32N4OS.3ClH.H2O/c1-17-18(2)31-24(29-17)16-27-21-11-12-23(30-3)20(14-21)15-28-22-10-7-13-26-25(22)19-8-5-4-6-9-19;;;;/h4-6,8-9,11-12,14,22,25-28H,7,10,13,15-16H2,1-3H3;3*1H;1H2/t22-,25-;;;;/m0..../s1. The van der Waals surface area contributed by atoms with Crippen molar-refractivity contribution in [1.82, 2.24) is 15.6 Å². The number of benzene rings is 2. The first-order valence-electron chi connectivity index (χ1n) is 11.0. The predicted molar refractivity (Wildman–Crippen MR) is 154 cm³/mol. The van der Waals surface area contributed by atoms with Gasteiger partial charge in [-0.25, -0.2) is 4.98 Å². The predicted octanol–water partition coefficient (Wildman–Crippen LogP) is 5.40. The quantitative estimate of drug-likeness (QED) is 0.341. The second-order valence-electron chi connectivity index (χ2n) is 8.10. The van der Waals surface area contributed by atoms with Gasteiger partial charge >= 0.3 is 0 Å². The van der Waals surface area contributed by atoms with Crippen LogP contribution in [0.5, 0.6) is 5.75 Å². The van der Waals surface area contributed by atoms with E-state index in [-0.39, 0.29) is 42.7 Å². The van der Waals surface area contributed by atoms with E-state index in [1.165, 1.54) is 16.9 Å². The molecule has 10 heteroatoms. The molecular formula is C25H37Cl3N4O2S. The fourth-order valence-electron chi connectivity index (χ4n) is 4.18. The van der Waals surface area contributed by atoms with Crippen LogP contribution in [-0.2, 0) is 13.1 Å². The van der Waals surface area contributed by atoms with Crippen LogP contribution in [0.3, 0.4) is 0 Å². The summed E-state index contributed by atoms with van der Waals surface area (Å²) in [6.45, 7) is 6.76. The van der Waals surface area contributed by atoms with Gasteiger partial charge in [-0.2, -0.15) is 0 Å². The van der Waals surface area contributed by atoms with Gasteiger partial charge in [0.15, 0.2) is 0 Å². The van der Waals surface area contributed by atoms with E-state index in [1.807, 2.05) is 6.07 Å². The Kier molecular flexibility index (Phi) is 15.5. The third kappa shape index (κ3) is 8.79. The summed E-state index contributed by atoms with van der Waals surface area (Å²) in [5, 5.41) is 12.1. The molecule has 4 rings (SSSR count). The molecule has 35 heavy (non-hydrogen) atoms. The molecule has 1 aliphatic rings. The highest BCUT2D eigenvalue weighted by Crippen LogP contribution is 2.27. The third-order valence-corrected chi connectivity index (χ3v) is 7.04. The highest BCUT2D eigenvalue weighted by atomic mass is 35.5. The first-order chi connectivity index (χ1) is 15.1. The van der Waals surface area contributed by atoms with E-state index in [9.17, 15) is 0 Å². The minimum absolute atomic E-state index is 0. The molecule has 1 aromatic heterocycles. The van der Waals surface area contributed by atoms with E-state index in [0.29, 0.717) is 12.1 Å². The zero-order chi connectivity index (χ0) is 21.6. The summed E-state index contributed by atoms with van der Waals surface area (Å²) in [5.41, 5.74) is 4.72. The minimum Gasteiger partial charge on any atom is -0.496 e. The average Bonchev–Trinajstić information content (AvgIpc) is 3.14. The van der Waals surface area contributed by atoms with Gasteiger partial charge in [0.25, 0.3) is 0 Å². The van der Waals surface area contributed by atoms with E-state index >= 15 is 0 Å². The fourth-order valence-corrected chi connectivity index (χ4v) is 5.05. The largest absolute Gasteiger partial charge is 0.496 e. The van der Waals surface area contributed by atoms with E-state index in [4.69, 9.17) is 4.74 Å². The van der Waals surface area contributed by atoms with Gasteiger partial charge in [-0.1, -0.05) is 30.3 Å². The van der Waals surface area contributed by atoms with Gasteiger partial charge in [0, 0.05) is 34.8 Å². The van der Waals surface area contributed by atoms with Crippen molar-refractivity contribution in [3.05, 3.63) is 75.2 Å². The van der Waals surface area contributed by atoms with Crippen LogP contribution >= 0.6 is 48.6 Å². The number of nitrogens with zero attached hydrogens (tertiary/aromatic N) is 1. The van der Waals surface area contributed by atoms with Gasteiger partial charge < -0.3 is 26.2 Å². The number of hydrogen-bond acceptors (Lipinski definition) is 6. The van der Waals surface area contributed by atoms with Gasteiger partial charge in [-0.15, -0.1) is 48.6 Å². The van der Waals surface area contributed by atoms with Gasteiger partial charge in [0.1, 0.15) is 10.8 Å². The van der Waals surface area contributed by atoms with Crippen LogP contribution in [0.1, 0.15) is 45.6 Å². The monoisotopic (exact) mass is 562 g/mol. The highest BCUT2D eigenvalue weighted by molar-refractivity contribution is 7.11. The van der Waals surface area contributed by atoms with Crippen LogP contribution in [0.4, 0.5) is 5.69 Å². The van der Waals surface area contributed by atoms with Crippen LogP contribution in [-0.4, -0.2) is 30.2 Å². The second kappa shape index (κ2) is 16.2. The number of methoxy groups -OCH3 is 1. The molecule has 3 aromatic rings. The molecule has 1 aliphatic heterocycles. The maximum atomic E-state index is 5.64. The van der Waals surface area contributed by atoms with Crippen molar-refractivity contribution < 1.29 is 10.2 Å². The Hall–Kier alpha value is -1.58. The number of aryl methyl sites for hydroxylation is 2. The smallest absolute Gasteiger partial charge is 0.123 e. The van der Waals surface area contributed by atoms with Gasteiger partial charge in [0.05, 0.1) is 19.3 Å². The Morgan fingerprint density at radius 1 is 1.06 bits per heavy atom. The molecule has 0 radical (unpaired) electrons. The zero-order valence-electron chi connectivity index (χ0n) is 20.3. The fraction of sp³-hybridized carbons (Fsp3) is 0.400. The molecule has 2 heterocycles. The first-order valence-corrected chi connectivity index (χ1v) is 11.8. The number of piperidine rings is 1. The molecule has 2 aromatic carbocycles. The normalized spacial score (nSPS) is 16.5. The summed E-state index contributed by atoms with van der Waals surface area (Å²) < 4.78 is 5.64. The molecule has 6 nitrogen and oxygen atoms in total. The summed E-state index contributed by atoms with van der Waals surface area (Å²) in [7, 11) is 1.74. The molecule has 1 saturated heterocycles. The Morgan fingerprint density at radius 3 is 2.46 bits per heavy atom. The maximum Gasteiger partial charge on any atom is 0.123 e. The lowest BCUT2D eigenvalue weighted by molar-refractivity contribution is 0.303. The molecule has 196 valence electrons. The molecule has 0 spiro atoms. The van der Waals surface area contributed by atoms with Crippen molar-refractivity contribution in [3.63, 3.8) is 0 Å². The number of aromatic nitrogens is 1. The van der Waals surface area contributed by atoms with E-state index in [1.54, 1.807) is 18.4 Å². The van der Waals surface area contributed by atoms with Crippen molar-refractivity contribution in [3.8, 4) is 5.75 Å². The highest BCUT2D eigenvalue weighted by Gasteiger charge is 2.25. The summed E-state index contributed by atoms with van der Waals surface area (Å²) >= 11 is 1.76. The van der Waals surface area contributed by atoms with Crippen molar-refractivity contribution in [1.29, 1.82) is 0 Å². The molecule has 0 saturated carbocycles. The molecule has 1 fully saturated rings. The number of nitrogens with one attached hydrogen (secondary N) is 3. The average molecular weight is 564 g/mol. The first kappa shape index (κ1) is 33.4. The molecular weight excluding hydrogens is 527 g/mol. The van der Waals surface area contributed by atoms with Crippen LogP contribution in [0.15, 0.2) is 48.5 Å². The van der Waals surface area contributed by atoms with E-state index < -0.39 is 0 Å². The Labute approximate surface area is 231 Å². The minimum atomic E-state index is 0. The Bertz CT molecular complexity index is 988. The molecule has 5 N–H and O–H groups in total. The van der Waals surface area contributed by atoms with E-state index in [2.05, 4.69) is 77.2 Å². The summed E-state index contributed by atoms with van der Waals surface area (Å²) in [6.07, 6.45) is 2.35. The second-order valence-corrected chi connectivity index (χ2v) is 9.39. The lowest BCUT2D eigenvalue weighted by Crippen LogP contribution is -2.45. The summed E-state index contributed by atoms with van der Waals surface area (Å²) in [4.78, 5) is 5.91. The van der Waals surface area contributed by atoms with E-state index in [0.717, 1.165) is 53.8 Å². The number of hydrogen-bond donors (Lipinski definition) is 3. The Morgan fingerprint density at radius 2 is 1.80 bits per heavy atom. The van der Waals surface area contributed by atoms with Crippen LogP contribution in [0, 0.1) is 13.8 Å². The number of rotatable bonds is 8. The summed E-state index contributed by atoms with van der Waals surface area (Å²) in [6, 6.07) is 17.8. The third-order valence-electron chi connectivity index (χ3n) is 5.97. The SMILES string of the molecule is COc1ccc(NCc2nc(C)c(C)s2)cc1CN[C@H]1CCCN[C@H]1c1ccccc1.Cl.Cl.Cl.O. The maximum absolute atomic E-state index is 5.64. The topological polar surface area (TPSA) is 89.7 Å². The van der Waals surface area contributed by atoms with Crippen molar-refractivity contribution in [2.45, 2.75) is 51.9 Å². The summed E-state index contributed by atoms with van der Waals surface area (Å²) in [5.74, 6) is 0.916. The van der Waals surface area contributed by atoms with Gasteiger partial charge in [-0.3, -0.25) is 0 Å². The van der Waals surface area contributed by atoms with Crippen LogP contribution in [0.2, 0.25) is 0 Å². The lowest BCUT2D eigenvalue weighted by atomic mass is 9.92. The number of halogens is 3. The Balaban J connectivity index is 0.00000289. The number of ether oxygens (including phenoxy) is 1. The van der Waals surface area contributed by atoms with Crippen LogP contribution in [0.25, 0.3) is 0 Å². The molecule has 0 unspecified atom stereocenters. The van der Waals surface area contributed by atoms with Crippen molar-refractivity contribution >= 4 is 54.2 Å². The lowest BCUT2D eigenvalue weighted by Gasteiger charge is -2.34. The molecule has 0 aliphatic carbocycles. The van der Waals surface area contributed by atoms with Gasteiger partial charge in [0.2, 0.25) is 0 Å². The van der Waals surface area contributed by atoms with Gasteiger partial charge in [-0.05, 0) is 57.0 Å².